The third-order valence-corrected chi connectivity index (χ3v) is 3.69. The summed E-state index contributed by atoms with van der Waals surface area (Å²) in [5.74, 6) is -0.188. The Kier molecular flexibility index (Phi) is 4.49. The first-order chi connectivity index (χ1) is 9.47. The van der Waals surface area contributed by atoms with E-state index in [0.29, 0.717) is 5.69 Å². The minimum Gasteiger partial charge on any atom is -0.488 e. The smallest absolute Gasteiger partial charge is 0.167 e. The molecule has 5 heteroatoms. The highest BCUT2D eigenvalue weighted by Crippen LogP contribution is 2.32. The molecular formula is C15H19FN2OS. The van der Waals surface area contributed by atoms with Crippen molar-refractivity contribution >= 4 is 22.7 Å². The van der Waals surface area contributed by atoms with Crippen molar-refractivity contribution in [2.24, 2.45) is 0 Å². The quantitative estimate of drug-likeness (QED) is 0.850. The van der Waals surface area contributed by atoms with Gasteiger partial charge in [0.15, 0.2) is 11.6 Å². The van der Waals surface area contributed by atoms with Crippen molar-refractivity contribution in [2.75, 3.05) is 17.7 Å². The number of hydrogen-bond acceptors (Lipinski definition) is 4. The number of rotatable bonds is 5. The van der Waals surface area contributed by atoms with E-state index >= 15 is 0 Å². The molecule has 0 saturated carbocycles. The van der Waals surface area contributed by atoms with Gasteiger partial charge in [-0.3, -0.25) is 0 Å². The summed E-state index contributed by atoms with van der Waals surface area (Å²) < 4.78 is 19.3. The number of nitrogens with two attached hydrogens (primary N) is 1. The average molecular weight is 294 g/mol. The second-order valence-electron chi connectivity index (χ2n) is 4.94. The Morgan fingerprint density at radius 2 is 2.15 bits per heavy atom. The maximum absolute atomic E-state index is 13.8. The van der Waals surface area contributed by atoms with Gasteiger partial charge in [0.25, 0.3) is 0 Å². The maximum Gasteiger partial charge on any atom is 0.167 e. The topological polar surface area (TPSA) is 38.5 Å². The van der Waals surface area contributed by atoms with E-state index in [2.05, 4.69) is 6.07 Å². The zero-order valence-electron chi connectivity index (χ0n) is 11.9. The molecule has 0 atom stereocenters. The summed E-state index contributed by atoms with van der Waals surface area (Å²) in [6.07, 6.45) is -0.0800. The summed E-state index contributed by atoms with van der Waals surface area (Å²) in [7, 11) is 1.93. The van der Waals surface area contributed by atoms with Gasteiger partial charge in [-0.2, -0.15) is 0 Å². The molecular weight excluding hydrogens is 275 g/mol. The summed E-state index contributed by atoms with van der Waals surface area (Å²) in [6, 6.07) is 7.05. The Bertz CT molecular complexity index is 570. The Labute approximate surface area is 122 Å². The van der Waals surface area contributed by atoms with Gasteiger partial charge in [-0.25, -0.2) is 4.39 Å². The van der Waals surface area contributed by atoms with E-state index in [1.807, 2.05) is 37.2 Å². The Balaban J connectivity index is 2.25. The average Bonchev–Trinajstić information content (AvgIpc) is 2.84. The molecule has 1 aromatic carbocycles. The Morgan fingerprint density at radius 3 is 2.75 bits per heavy atom. The van der Waals surface area contributed by atoms with Crippen LogP contribution in [0.15, 0.2) is 29.6 Å². The number of nitrogens with zero attached hydrogens (tertiary/aromatic N) is 1. The van der Waals surface area contributed by atoms with Crippen molar-refractivity contribution in [3.05, 3.63) is 40.3 Å². The predicted octanol–water partition coefficient (Wildman–Crippen LogP) is 3.89. The first-order valence-corrected chi connectivity index (χ1v) is 7.34. The lowest BCUT2D eigenvalue weighted by Crippen LogP contribution is -2.18. The van der Waals surface area contributed by atoms with E-state index in [-0.39, 0.29) is 11.9 Å². The summed E-state index contributed by atoms with van der Waals surface area (Å²) in [6.45, 7) is 4.46. The number of benzene rings is 1. The van der Waals surface area contributed by atoms with Crippen LogP contribution in [0.25, 0.3) is 0 Å². The molecule has 0 unspecified atom stereocenters. The molecule has 0 aliphatic rings. The molecule has 3 nitrogen and oxygen atoms in total. The summed E-state index contributed by atoms with van der Waals surface area (Å²) >= 11 is 1.68. The second kappa shape index (κ2) is 6.13. The molecule has 0 aliphatic carbocycles. The fourth-order valence-corrected chi connectivity index (χ4v) is 2.71. The van der Waals surface area contributed by atoms with Gasteiger partial charge < -0.3 is 15.4 Å². The molecule has 1 heterocycles. The van der Waals surface area contributed by atoms with Crippen LogP contribution in [0.2, 0.25) is 0 Å². The van der Waals surface area contributed by atoms with Crippen molar-refractivity contribution in [3.63, 3.8) is 0 Å². The van der Waals surface area contributed by atoms with Gasteiger partial charge in [0.1, 0.15) is 0 Å². The number of ether oxygens (including phenoxy) is 1. The molecule has 2 N–H and O–H groups in total. The standard InChI is InChI=1S/C15H19FN2OS/c1-10(2)19-15-8-14(13(17)7-12(15)16)18(3)9-11-5-4-6-20-11/h4-8,10H,9,17H2,1-3H3. The second-order valence-corrected chi connectivity index (χ2v) is 5.98. The zero-order valence-corrected chi connectivity index (χ0v) is 12.7. The zero-order chi connectivity index (χ0) is 14.7. The van der Waals surface area contributed by atoms with E-state index < -0.39 is 5.82 Å². The summed E-state index contributed by atoms with van der Waals surface area (Å²) in [4.78, 5) is 3.22. The van der Waals surface area contributed by atoms with Crippen LogP contribution in [-0.4, -0.2) is 13.2 Å². The third kappa shape index (κ3) is 3.42. The maximum atomic E-state index is 13.8. The number of anilines is 2. The van der Waals surface area contributed by atoms with E-state index in [4.69, 9.17) is 10.5 Å². The molecule has 108 valence electrons. The van der Waals surface area contributed by atoms with Crippen LogP contribution in [-0.2, 0) is 6.54 Å². The van der Waals surface area contributed by atoms with Crippen LogP contribution in [0, 0.1) is 5.82 Å². The highest BCUT2D eigenvalue weighted by Gasteiger charge is 2.14. The van der Waals surface area contributed by atoms with Crippen LogP contribution in [0.1, 0.15) is 18.7 Å². The van der Waals surface area contributed by atoms with E-state index in [9.17, 15) is 4.39 Å². The first kappa shape index (κ1) is 14.7. The van der Waals surface area contributed by atoms with Crippen molar-refractivity contribution in [2.45, 2.75) is 26.5 Å². The van der Waals surface area contributed by atoms with Gasteiger partial charge in [-0.05, 0) is 25.3 Å². The molecule has 0 amide bonds. The fourth-order valence-electron chi connectivity index (χ4n) is 1.95. The molecule has 0 fully saturated rings. The Hall–Kier alpha value is -1.75. The lowest BCUT2D eigenvalue weighted by Gasteiger charge is -2.22. The Morgan fingerprint density at radius 1 is 1.40 bits per heavy atom. The first-order valence-electron chi connectivity index (χ1n) is 6.46. The van der Waals surface area contributed by atoms with Crippen LogP contribution in [0.3, 0.4) is 0 Å². The number of nitrogen functional groups attached to an aromatic ring is 1. The number of thiophene rings is 1. The SMILES string of the molecule is CC(C)Oc1cc(N(C)Cc2cccs2)c(N)cc1F. The molecule has 2 aromatic rings. The highest BCUT2D eigenvalue weighted by atomic mass is 32.1. The normalized spacial score (nSPS) is 10.8. The fraction of sp³-hybridized carbons (Fsp3) is 0.333. The van der Waals surface area contributed by atoms with Crippen molar-refractivity contribution < 1.29 is 9.13 Å². The van der Waals surface area contributed by atoms with Crippen molar-refractivity contribution in [1.29, 1.82) is 0 Å². The molecule has 0 spiro atoms. The van der Waals surface area contributed by atoms with Crippen LogP contribution >= 0.6 is 11.3 Å². The molecule has 0 aliphatic heterocycles. The van der Waals surface area contributed by atoms with Gasteiger partial charge in [0, 0.05) is 24.1 Å². The molecule has 0 radical (unpaired) electrons. The van der Waals surface area contributed by atoms with Crippen LogP contribution < -0.4 is 15.4 Å². The monoisotopic (exact) mass is 294 g/mol. The van der Waals surface area contributed by atoms with Gasteiger partial charge in [0.05, 0.1) is 24.0 Å². The molecule has 2 rings (SSSR count). The molecule has 20 heavy (non-hydrogen) atoms. The lowest BCUT2D eigenvalue weighted by molar-refractivity contribution is 0.231. The molecule has 0 bridgehead atoms. The third-order valence-electron chi connectivity index (χ3n) is 2.83. The summed E-state index contributed by atoms with van der Waals surface area (Å²) in [5.41, 5.74) is 7.11. The largest absolute Gasteiger partial charge is 0.488 e. The highest BCUT2D eigenvalue weighted by molar-refractivity contribution is 7.09. The van der Waals surface area contributed by atoms with Gasteiger partial charge in [-0.1, -0.05) is 6.07 Å². The van der Waals surface area contributed by atoms with Crippen molar-refractivity contribution in [1.82, 2.24) is 0 Å². The van der Waals surface area contributed by atoms with E-state index in [0.717, 1.165) is 12.2 Å². The number of halogens is 1. The minimum absolute atomic E-state index is 0.0800. The van der Waals surface area contributed by atoms with Crippen LogP contribution in [0.4, 0.5) is 15.8 Å². The lowest BCUT2D eigenvalue weighted by atomic mass is 10.2. The summed E-state index contributed by atoms with van der Waals surface area (Å²) in [5, 5.41) is 2.03. The van der Waals surface area contributed by atoms with Crippen LogP contribution in [0.5, 0.6) is 5.75 Å². The van der Waals surface area contributed by atoms with Gasteiger partial charge in [-0.15, -0.1) is 11.3 Å². The molecule has 0 saturated heterocycles. The minimum atomic E-state index is -0.426. The predicted molar refractivity (Wildman–Crippen MR) is 83.0 cm³/mol. The van der Waals surface area contributed by atoms with Gasteiger partial charge >= 0.3 is 0 Å². The van der Waals surface area contributed by atoms with E-state index in [1.54, 1.807) is 17.4 Å². The molecule has 1 aromatic heterocycles. The number of hydrogen-bond donors (Lipinski definition) is 1. The van der Waals surface area contributed by atoms with Crippen molar-refractivity contribution in [3.8, 4) is 5.75 Å². The van der Waals surface area contributed by atoms with Gasteiger partial charge in [0.2, 0.25) is 0 Å². The van der Waals surface area contributed by atoms with E-state index in [1.165, 1.54) is 10.9 Å².